The van der Waals surface area contributed by atoms with Gasteiger partial charge in [0.2, 0.25) is 0 Å². The van der Waals surface area contributed by atoms with Gasteiger partial charge < -0.3 is 9.64 Å². The molecule has 0 N–H and O–H groups in total. The van der Waals surface area contributed by atoms with Gasteiger partial charge in [0.1, 0.15) is 12.4 Å². The highest BCUT2D eigenvalue weighted by molar-refractivity contribution is 5.36. The number of hydrogen-bond acceptors (Lipinski definition) is 3. The van der Waals surface area contributed by atoms with Gasteiger partial charge in [0.05, 0.1) is 11.6 Å². The summed E-state index contributed by atoms with van der Waals surface area (Å²) in [6.07, 6.45) is 5.57. The number of rotatable bonds is 6. The zero-order chi connectivity index (χ0) is 13.5. The molecule has 0 saturated heterocycles. The van der Waals surface area contributed by atoms with Crippen LogP contribution in [0.4, 0.5) is 0 Å². The maximum absolute atomic E-state index is 8.82. The van der Waals surface area contributed by atoms with Crippen molar-refractivity contribution in [3.63, 3.8) is 0 Å². The number of hydrogen-bond donors (Lipinski definition) is 0. The Morgan fingerprint density at radius 3 is 2.89 bits per heavy atom. The lowest BCUT2D eigenvalue weighted by Gasteiger charge is -2.20. The fourth-order valence-corrected chi connectivity index (χ4v) is 2.70. The first-order valence-corrected chi connectivity index (χ1v) is 7.09. The monoisotopic (exact) mass is 258 g/mol. The van der Waals surface area contributed by atoms with Gasteiger partial charge in [-0.05, 0) is 44.0 Å². The molecule has 3 heteroatoms. The third-order valence-electron chi connectivity index (χ3n) is 3.75. The molecule has 1 aromatic rings. The molecule has 0 unspecified atom stereocenters. The van der Waals surface area contributed by atoms with Crippen molar-refractivity contribution in [3.05, 3.63) is 29.8 Å². The molecule has 0 amide bonds. The molecule has 1 fully saturated rings. The third kappa shape index (κ3) is 4.57. The number of nitriles is 1. The van der Waals surface area contributed by atoms with Gasteiger partial charge in [-0.2, -0.15) is 5.26 Å². The molecular weight excluding hydrogens is 236 g/mol. The maximum atomic E-state index is 8.82. The van der Waals surface area contributed by atoms with Crippen molar-refractivity contribution in [1.29, 1.82) is 5.26 Å². The molecule has 2 rings (SSSR count). The van der Waals surface area contributed by atoms with E-state index in [1.54, 1.807) is 12.1 Å². The van der Waals surface area contributed by atoms with Gasteiger partial charge in [-0.3, -0.25) is 0 Å². The summed E-state index contributed by atoms with van der Waals surface area (Å²) in [5, 5.41) is 8.82. The first-order chi connectivity index (χ1) is 9.28. The Kier molecular flexibility index (Phi) is 5.23. The maximum Gasteiger partial charge on any atom is 0.120 e. The fourth-order valence-electron chi connectivity index (χ4n) is 2.70. The lowest BCUT2D eigenvalue weighted by molar-refractivity contribution is 0.215. The molecule has 1 aliphatic rings. The van der Waals surface area contributed by atoms with Crippen LogP contribution in [0.5, 0.6) is 5.75 Å². The van der Waals surface area contributed by atoms with Crippen molar-refractivity contribution in [3.8, 4) is 11.8 Å². The Morgan fingerprint density at radius 1 is 1.37 bits per heavy atom. The van der Waals surface area contributed by atoms with Crippen LogP contribution in [0.2, 0.25) is 0 Å². The van der Waals surface area contributed by atoms with Gasteiger partial charge in [-0.15, -0.1) is 0 Å². The molecular formula is C16H22N2O. The van der Waals surface area contributed by atoms with Gasteiger partial charge >= 0.3 is 0 Å². The van der Waals surface area contributed by atoms with Crippen molar-refractivity contribution < 1.29 is 4.74 Å². The van der Waals surface area contributed by atoms with Gasteiger partial charge in [0.15, 0.2) is 0 Å². The van der Waals surface area contributed by atoms with E-state index < -0.39 is 0 Å². The van der Waals surface area contributed by atoms with E-state index in [1.165, 1.54) is 32.2 Å². The Balaban J connectivity index is 1.69. The van der Waals surface area contributed by atoms with Gasteiger partial charge in [0, 0.05) is 13.1 Å². The van der Waals surface area contributed by atoms with E-state index in [-0.39, 0.29) is 0 Å². The highest BCUT2D eigenvalue weighted by atomic mass is 16.5. The third-order valence-corrected chi connectivity index (χ3v) is 3.75. The predicted octanol–water partition coefficient (Wildman–Crippen LogP) is 3.06. The molecule has 1 aromatic carbocycles. The van der Waals surface area contributed by atoms with Crippen LogP contribution in [0, 0.1) is 17.2 Å². The van der Waals surface area contributed by atoms with Crippen LogP contribution in [0.25, 0.3) is 0 Å². The molecule has 0 spiro atoms. The minimum absolute atomic E-state index is 0.650. The standard InChI is InChI=1S/C16H22N2O/c1-18(13-14-5-2-3-6-14)9-10-19-16-8-4-7-15(11-16)12-17/h4,7-8,11,14H,2-3,5-6,9-10,13H2,1H3. The minimum atomic E-state index is 0.650. The van der Waals surface area contributed by atoms with E-state index >= 15 is 0 Å². The molecule has 1 saturated carbocycles. The van der Waals surface area contributed by atoms with Crippen molar-refractivity contribution in [2.45, 2.75) is 25.7 Å². The van der Waals surface area contributed by atoms with Crippen LogP contribution in [-0.4, -0.2) is 31.6 Å². The molecule has 102 valence electrons. The van der Waals surface area contributed by atoms with Crippen molar-refractivity contribution in [2.24, 2.45) is 5.92 Å². The van der Waals surface area contributed by atoms with Crippen LogP contribution in [0.15, 0.2) is 24.3 Å². The van der Waals surface area contributed by atoms with E-state index in [0.29, 0.717) is 12.2 Å². The van der Waals surface area contributed by atoms with E-state index in [1.807, 2.05) is 12.1 Å². The zero-order valence-corrected chi connectivity index (χ0v) is 11.6. The lowest BCUT2D eigenvalue weighted by Crippen LogP contribution is -2.28. The number of ether oxygens (including phenoxy) is 1. The topological polar surface area (TPSA) is 36.3 Å². The lowest BCUT2D eigenvalue weighted by atomic mass is 10.1. The Hall–Kier alpha value is -1.53. The number of likely N-dealkylation sites (N-methyl/N-ethyl adjacent to an activating group) is 1. The fraction of sp³-hybridized carbons (Fsp3) is 0.562. The molecule has 19 heavy (non-hydrogen) atoms. The first kappa shape index (κ1) is 13.9. The molecule has 1 aliphatic carbocycles. The van der Waals surface area contributed by atoms with Crippen molar-refractivity contribution >= 4 is 0 Å². The molecule has 0 aromatic heterocycles. The highest BCUT2D eigenvalue weighted by Crippen LogP contribution is 2.25. The van der Waals surface area contributed by atoms with Gasteiger partial charge in [-0.1, -0.05) is 18.9 Å². The Labute approximate surface area is 115 Å². The summed E-state index contributed by atoms with van der Waals surface area (Å²) in [5.41, 5.74) is 0.650. The molecule has 3 nitrogen and oxygen atoms in total. The average Bonchev–Trinajstić information content (AvgIpc) is 2.92. The van der Waals surface area contributed by atoms with E-state index in [0.717, 1.165) is 18.2 Å². The summed E-state index contributed by atoms with van der Waals surface area (Å²) in [4.78, 5) is 2.35. The summed E-state index contributed by atoms with van der Waals surface area (Å²) in [6, 6.07) is 9.46. The van der Waals surface area contributed by atoms with Crippen LogP contribution in [-0.2, 0) is 0 Å². The summed E-state index contributed by atoms with van der Waals surface area (Å²) in [5.74, 6) is 1.67. The van der Waals surface area contributed by atoms with E-state index in [9.17, 15) is 0 Å². The van der Waals surface area contributed by atoms with E-state index in [4.69, 9.17) is 10.00 Å². The quantitative estimate of drug-likeness (QED) is 0.787. The van der Waals surface area contributed by atoms with Crippen LogP contribution >= 0.6 is 0 Å². The molecule has 0 heterocycles. The SMILES string of the molecule is CN(CCOc1cccc(C#N)c1)CC1CCCC1. The summed E-state index contributed by atoms with van der Waals surface area (Å²) >= 11 is 0. The summed E-state index contributed by atoms with van der Waals surface area (Å²) in [7, 11) is 2.16. The normalized spacial score (nSPS) is 15.6. The average molecular weight is 258 g/mol. The minimum Gasteiger partial charge on any atom is -0.492 e. The molecule has 0 atom stereocenters. The summed E-state index contributed by atoms with van der Waals surface area (Å²) < 4.78 is 5.69. The number of benzene rings is 1. The van der Waals surface area contributed by atoms with E-state index in [2.05, 4.69) is 18.0 Å². The van der Waals surface area contributed by atoms with Crippen LogP contribution in [0.1, 0.15) is 31.2 Å². The zero-order valence-electron chi connectivity index (χ0n) is 11.6. The second-order valence-corrected chi connectivity index (χ2v) is 5.40. The second kappa shape index (κ2) is 7.16. The predicted molar refractivity (Wildman–Crippen MR) is 76.1 cm³/mol. The smallest absolute Gasteiger partial charge is 0.120 e. The Bertz CT molecular complexity index is 433. The van der Waals surface area contributed by atoms with Crippen molar-refractivity contribution in [1.82, 2.24) is 4.90 Å². The van der Waals surface area contributed by atoms with Crippen molar-refractivity contribution in [2.75, 3.05) is 26.7 Å². The van der Waals surface area contributed by atoms with Gasteiger partial charge in [0.25, 0.3) is 0 Å². The highest BCUT2D eigenvalue weighted by Gasteiger charge is 2.16. The Morgan fingerprint density at radius 2 is 2.16 bits per heavy atom. The van der Waals surface area contributed by atoms with Crippen LogP contribution in [0.3, 0.4) is 0 Å². The second-order valence-electron chi connectivity index (χ2n) is 5.40. The summed E-state index contributed by atoms with van der Waals surface area (Å²) in [6.45, 7) is 2.80. The largest absolute Gasteiger partial charge is 0.492 e. The first-order valence-electron chi connectivity index (χ1n) is 7.09. The van der Waals surface area contributed by atoms with Gasteiger partial charge in [-0.25, -0.2) is 0 Å². The number of nitrogens with zero attached hydrogens (tertiary/aromatic N) is 2. The molecule has 0 bridgehead atoms. The molecule has 0 radical (unpaired) electrons. The van der Waals surface area contributed by atoms with Crippen LogP contribution < -0.4 is 4.74 Å². The molecule has 0 aliphatic heterocycles.